The van der Waals surface area contributed by atoms with E-state index in [0.29, 0.717) is 0 Å². The SMILES string of the molecule is CCCCCCc1cc2ccccc2n1-c1ccccc1. The van der Waals surface area contributed by atoms with Crippen molar-refractivity contribution in [3.63, 3.8) is 0 Å². The van der Waals surface area contributed by atoms with Gasteiger partial charge in [-0.05, 0) is 37.1 Å². The van der Waals surface area contributed by atoms with E-state index in [0.717, 1.165) is 6.42 Å². The molecule has 0 aliphatic heterocycles. The highest BCUT2D eigenvalue weighted by molar-refractivity contribution is 5.83. The van der Waals surface area contributed by atoms with Gasteiger partial charge >= 0.3 is 0 Å². The monoisotopic (exact) mass is 277 g/mol. The second kappa shape index (κ2) is 6.62. The number of aryl methyl sites for hydroxylation is 1. The van der Waals surface area contributed by atoms with E-state index < -0.39 is 0 Å². The molecule has 0 unspecified atom stereocenters. The highest BCUT2D eigenvalue weighted by Crippen LogP contribution is 2.25. The predicted molar refractivity (Wildman–Crippen MR) is 91.1 cm³/mol. The zero-order valence-corrected chi connectivity index (χ0v) is 12.8. The second-order valence-corrected chi connectivity index (χ2v) is 5.68. The second-order valence-electron chi connectivity index (χ2n) is 5.68. The fraction of sp³-hybridized carbons (Fsp3) is 0.300. The fourth-order valence-electron chi connectivity index (χ4n) is 3.01. The molecule has 0 fully saturated rings. The molecule has 3 aromatic rings. The molecule has 0 aliphatic rings. The van der Waals surface area contributed by atoms with Gasteiger partial charge in [-0.25, -0.2) is 0 Å². The Morgan fingerprint density at radius 3 is 2.38 bits per heavy atom. The Kier molecular flexibility index (Phi) is 4.40. The molecular formula is C20H23N. The van der Waals surface area contributed by atoms with E-state index in [-0.39, 0.29) is 0 Å². The maximum atomic E-state index is 2.42. The van der Waals surface area contributed by atoms with Crippen LogP contribution in [0.5, 0.6) is 0 Å². The van der Waals surface area contributed by atoms with Crippen molar-refractivity contribution < 1.29 is 0 Å². The number of para-hydroxylation sites is 2. The Morgan fingerprint density at radius 2 is 1.57 bits per heavy atom. The molecule has 1 heteroatoms. The lowest BCUT2D eigenvalue weighted by Crippen LogP contribution is -2.00. The summed E-state index contributed by atoms with van der Waals surface area (Å²) in [5.74, 6) is 0. The van der Waals surface area contributed by atoms with Crippen LogP contribution in [0.25, 0.3) is 16.6 Å². The molecule has 21 heavy (non-hydrogen) atoms. The Balaban J connectivity index is 1.98. The van der Waals surface area contributed by atoms with Gasteiger partial charge in [0.2, 0.25) is 0 Å². The lowest BCUT2D eigenvalue weighted by molar-refractivity contribution is 0.657. The number of hydrogen-bond donors (Lipinski definition) is 0. The molecule has 1 heterocycles. The molecule has 0 saturated heterocycles. The summed E-state index contributed by atoms with van der Waals surface area (Å²) in [6.45, 7) is 2.26. The lowest BCUT2D eigenvalue weighted by atomic mass is 10.1. The summed E-state index contributed by atoms with van der Waals surface area (Å²) in [4.78, 5) is 0. The molecule has 0 radical (unpaired) electrons. The Hall–Kier alpha value is -2.02. The smallest absolute Gasteiger partial charge is 0.0531 e. The maximum Gasteiger partial charge on any atom is 0.0531 e. The van der Waals surface area contributed by atoms with Crippen molar-refractivity contribution in [1.29, 1.82) is 0 Å². The lowest BCUT2D eigenvalue weighted by Gasteiger charge is -2.11. The fourth-order valence-corrected chi connectivity index (χ4v) is 3.01. The number of hydrogen-bond acceptors (Lipinski definition) is 0. The molecular weight excluding hydrogens is 254 g/mol. The summed E-state index contributed by atoms with van der Waals surface area (Å²) >= 11 is 0. The highest BCUT2D eigenvalue weighted by atomic mass is 15.0. The Bertz CT molecular complexity index is 694. The van der Waals surface area contributed by atoms with Crippen molar-refractivity contribution >= 4 is 10.9 Å². The van der Waals surface area contributed by atoms with Gasteiger partial charge in [0.05, 0.1) is 5.52 Å². The number of benzene rings is 2. The molecule has 108 valence electrons. The minimum absolute atomic E-state index is 1.16. The molecule has 0 amide bonds. The van der Waals surface area contributed by atoms with Crippen molar-refractivity contribution in [3.8, 4) is 5.69 Å². The molecule has 0 saturated carbocycles. The van der Waals surface area contributed by atoms with Gasteiger partial charge in [-0.1, -0.05) is 62.6 Å². The quantitative estimate of drug-likeness (QED) is 0.505. The molecule has 1 aromatic heterocycles. The average molecular weight is 277 g/mol. The van der Waals surface area contributed by atoms with Gasteiger partial charge in [0.15, 0.2) is 0 Å². The molecule has 0 spiro atoms. The third-order valence-electron chi connectivity index (χ3n) is 4.09. The van der Waals surface area contributed by atoms with E-state index >= 15 is 0 Å². The third-order valence-corrected chi connectivity index (χ3v) is 4.09. The van der Waals surface area contributed by atoms with Crippen LogP contribution in [0.2, 0.25) is 0 Å². The van der Waals surface area contributed by atoms with Crippen LogP contribution < -0.4 is 0 Å². The largest absolute Gasteiger partial charge is 0.314 e. The van der Waals surface area contributed by atoms with Gasteiger partial charge in [-0.2, -0.15) is 0 Å². The predicted octanol–water partition coefficient (Wildman–Crippen LogP) is 5.75. The Morgan fingerprint density at radius 1 is 0.810 bits per heavy atom. The number of rotatable bonds is 6. The number of nitrogens with zero attached hydrogens (tertiary/aromatic N) is 1. The number of fused-ring (bicyclic) bond motifs is 1. The van der Waals surface area contributed by atoms with Crippen LogP contribution in [0.4, 0.5) is 0 Å². The minimum Gasteiger partial charge on any atom is -0.314 e. The maximum absolute atomic E-state index is 2.42. The van der Waals surface area contributed by atoms with E-state index in [1.807, 2.05) is 0 Å². The van der Waals surface area contributed by atoms with Gasteiger partial charge in [0.25, 0.3) is 0 Å². The van der Waals surface area contributed by atoms with E-state index in [1.165, 1.54) is 48.0 Å². The van der Waals surface area contributed by atoms with Crippen LogP contribution in [0.1, 0.15) is 38.3 Å². The van der Waals surface area contributed by atoms with Crippen LogP contribution in [0.3, 0.4) is 0 Å². The van der Waals surface area contributed by atoms with Crippen molar-refractivity contribution in [3.05, 3.63) is 66.4 Å². The van der Waals surface area contributed by atoms with Gasteiger partial charge in [0.1, 0.15) is 0 Å². The van der Waals surface area contributed by atoms with Crippen LogP contribution in [0, 0.1) is 0 Å². The van der Waals surface area contributed by atoms with Gasteiger partial charge in [0, 0.05) is 16.8 Å². The van der Waals surface area contributed by atoms with Gasteiger partial charge in [-0.3, -0.25) is 0 Å². The third kappa shape index (κ3) is 3.02. The van der Waals surface area contributed by atoms with Crippen molar-refractivity contribution in [2.24, 2.45) is 0 Å². The van der Waals surface area contributed by atoms with E-state index in [4.69, 9.17) is 0 Å². The van der Waals surface area contributed by atoms with Crippen molar-refractivity contribution in [2.45, 2.75) is 39.0 Å². The number of unbranched alkanes of at least 4 members (excludes halogenated alkanes) is 3. The molecule has 0 bridgehead atoms. The summed E-state index contributed by atoms with van der Waals surface area (Å²) in [6, 6.07) is 21.7. The van der Waals surface area contributed by atoms with E-state index in [9.17, 15) is 0 Å². The van der Waals surface area contributed by atoms with E-state index in [2.05, 4.69) is 72.2 Å². The van der Waals surface area contributed by atoms with Crippen molar-refractivity contribution in [2.75, 3.05) is 0 Å². The van der Waals surface area contributed by atoms with Gasteiger partial charge in [-0.15, -0.1) is 0 Å². The zero-order valence-electron chi connectivity index (χ0n) is 12.8. The summed E-state index contributed by atoms with van der Waals surface area (Å²) in [6.07, 6.45) is 6.39. The first kappa shape index (κ1) is 13.9. The van der Waals surface area contributed by atoms with Crippen LogP contribution in [-0.4, -0.2) is 4.57 Å². The Labute approximate surface area is 127 Å². The first-order valence-corrected chi connectivity index (χ1v) is 8.05. The van der Waals surface area contributed by atoms with Crippen LogP contribution in [-0.2, 0) is 6.42 Å². The standard InChI is InChI=1S/C20H23N/c1-2-3-4-6-14-19-16-17-11-9-10-15-20(17)21(19)18-12-7-5-8-13-18/h5,7-13,15-16H,2-4,6,14H2,1H3. The normalized spacial score (nSPS) is 11.1. The van der Waals surface area contributed by atoms with E-state index in [1.54, 1.807) is 0 Å². The number of aromatic nitrogens is 1. The minimum atomic E-state index is 1.16. The average Bonchev–Trinajstić information content (AvgIpc) is 2.90. The summed E-state index contributed by atoms with van der Waals surface area (Å²) in [5.41, 5.74) is 4.01. The zero-order chi connectivity index (χ0) is 14.5. The molecule has 0 aliphatic carbocycles. The van der Waals surface area contributed by atoms with Crippen LogP contribution >= 0.6 is 0 Å². The molecule has 3 rings (SSSR count). The highest BCUT2D eigenvalue weighted by Gasteiger charge is 2.09. The topological polar surface area (TPSA) is 4.93 Å². The summed E-state index contributed by atoms with van der Waals surface area (Å²) in [7, 11) is 0. The molecule has 1 nitrogen and oxygen atoms in total. The molecule has 0 atom stereocenters. The molecule has 0 N–H and O–H groups in total. The first-order valence-electron chi connectivity index (χ1n) is 8.05. The summed E-state index contributed by atoms with van der Waals surface area (Å²) < 4.78 is 2.42. The summed E-state index contributed by atoms with van der Waals surface area (Å²) in [5, 5.41) is 1.34. The molecule has 2 aromatic carbocycles. The van der Waals surface area contributed by atoms with Gasteiger partial charge < -0.3 is 4.57 Å². The van der Waals surface area contributed by atoms with Crippen LogP contribution in [0.15, 0.2) is 60.7 Å². The first-order chi connectivity index (χ1) is 10.4. The van der Waals surface area contributed by atoms with Crippen molar-refractivity contribution in [1.82, 2.24) is 4.57 Å².